The second-order valence-electron chi connectivity index (χ2n) is 4.61. The lowest BCUT2D eigenvalue weighted by Crippen LogP contribution is -2.20. The molecule has 0 saturated heterocycles. The van der Waals surface area contributed by atoms with Crippen molar-refractivity contribution in [2.24, 2.45) is 0 Å². The monoisotopic (exact) mass is 223 g/mol. The van der Waals surface area contributed by atoms with Crippen LogP contribution >= 0.6 is 0 Å². The van der Waals surface area contributed by atoms with Crippen molar-refractivity contribution in [3.63, 3.8) is 0 Å². The van der Waals surface area contributed by atoms with E-state index in [4.69, 9.17) is 0 Å². The van der Waals surface area contributed by atoms with Crippen LogP contribution in [0.4, 0.5) is 5.69 Å². The summed E-state index contributed by atoms with van der Waals surface area (Å²) in [4.78, 5) is 2.37. The van der Waals surface area contributed by atoms with Gasteiger partial charge in [-0.1, -0.05) is 37.3 Å². The number of allylic oxidation sites excluding steroid dienone is 1. The summed E-state index contributed by atoms with van der Waals surface area (Å²) in [5, 5.41) is 2.68. The molecule has 2 aromatic carbocycles. The molecule has 1 heteroatoms. The zero-order valence-corrected chi connectivity index (χ0v) is 10.2. The fourth-order valence-electron chi connectivity index (χ4n) is 2.53. The summed E-state index contributed by atoms with van der Waals surface area (Å²) in [7, 11) is 0. The third kappa shape index (κ3) is 1.82. The molecule has 0 atom stereocenters. The highest BCUT2D eigenvalue weighted by atomic mass is 15.1. The van der Waals surface area contributed by atoms with Crippen molar-refractivity contribution in [2.75, 3.05) is 11.4 Å². The maximum absolute atomic E-state index is 2.37. The first-order chi connectivity index (χ1) is 8.38. The molecule has 0 aromatic heterocycles. The van der Waals surface area contributed by atoms with Crippen LogP contribution in [0.5, 0.6) is 0 Å². The smallest absolute Gasteiger partial charge is 0.0448 e. The molecule has 0 N–H and O–H groups in total. The van der Waals surface area contributed by atoms with Gasteiger partial charge in [-0.2, -0.15) is 0 Å². The van der Waals surface area contributed by atoms with E-state index in [1.165, 1.54) is 28.4 Å². The van der Waals surface area contributed by atoms with E-state index in [-0.39, 0.29) is 0 Å². The average Bonchev–Trinajstić information content (AvgIpc) is 2.37. The molecule has 0 amide bonds. The Hall–Kier alpha value is -1.76. The van der Waals surface area contributed by atoms with Gasteiger partial charge in [0.2, 0.25) is 0 Å². The Morgan fingerprint density at radius 3 is 2.65 bits per heavy atom. The summed E-state index contributed by atoms with van der Waals surface area (Å²) in [5.74, 6) is 0. The SMILES string of the molecule is CCCN1C=CCc2cc3ccccc3cc21. The number of benzene rings is 2. The first-order valence-corrected chi connectivity index (χ1v) is 6.33. The van der Waals surface area contributed by atoms with E-state index in [0.29, 0.717) is 0 Å². The van der Waals surface area contributed by atoms with Crippen LogP contribution in [-0.2, 0) is 6.42 Å². The van der Waals surface area contributed by atoms with Gasteiger partial charge in [0.15, 0.2) is 0 Å². The Morgan fingerprint density at radius 2 is 1.88 bits per heavy atom. The zero-order valence-electron chi connectivity index (χ0n) is 10.2. The van der Waals surface area contributed by atoms with E-state index in [1.807, 2.05) is 0 Å². The van der Waals surface area contributed by atoms with Crippen LogP contribution in [0, 0.1) is 0 Å². The predicted octanol–water partition coefficient (Wildman–Crippen LogP) is 4.13. The largest absolute Gasteiger partial charge is 0.348 e. The lowest BCUT2D eigenvalue weighted by atomic mass is 10.00. The summed E-state index contributed by atoms with van der Waals surface area (Å²) in [6.45, 7) is 3.32. The van der Waals surface area contributed by atoms with Crippen LogP contribution in [0.15, 0.2) is 48.7 Å². The number of fused-ring (bicyclic) bond motifs is 2. The Morgan fingerprint density at radius 1 is 1.12 bits per heavy atom. The second kappa shape index (κ2) is 4.25. The van der Waals surface area contributed by atoms with Crippen molar-refractivity contribution in [3.8, 4) is 0 Å². The number of rotatable bonds is 2. The maximum Gasteiger partial charge on any atom is 0.0448 e. The normalized spacial score (nSPS) is 14.1. The molecule has 0 radical (unpaired) electrons. The van der Waals surface area contributed by atoms with Gasteiger partial charge in [-0.25, -0.2) is 0 Å². The van der Waals surface area contributed by atoms with Crippen LogP contribution in [-0.4, -0.2) is 6.54 Å². The molecule has 2 aromatic rings. The van der Waals surface area contributed by atoms with Crippen molar-refractivity contribution in [1.82, 2.24) is 0 Å². The minimum absolute atomic E-state index is 1.06. The standard InChI is InChI=1S/C16H17N/c1-2-9-17-10-5-8-15-11-13-6-3-4-7-14(13)12-16(15)17/h3-7,10-12H,2,8-9H2,1H3. The first kappa shape index (κ1) is 10.4. The van der Waals surface area contributed by atoms with Crippen molar-refractivity contribution in [2.45, 2.75) is 19.8 Å². The van der Waals surface area contributed by atoms with E-state index < -0.39 is 0 Å². The van der Waals surface area contributed by atoms with Gasteiger partial charge in [-0.15, -0.1) is 0 Å². The Bertz CT molecular complexity index is 569. The van der Waals surface area contributed by atoms with Gasteiger partial charge in [0.1, 0.15) is 0 Å². The molecule has 1 nitrogen and oxygen atoms in total. The molecular weight excluding hydrogens is 206 g/mol. The van der Waals surface area contributed by atoms with E-state index in [1.54, 1.807) is 0 Å². The van der Waals surface area contributed by atoms with Gasteiger partial charge < -0.3 is 4.90 Å². The third-order valence-electron chi connectivity index (χ3n) is 3.34. The second-order valence-corrected chi connectivity index (χ2v) is 4.61. The summed E-state index contributed by atoms with van der Waals surface area (Å²) in [5.41, 5.74) is 2.83. The van der Waals surface area contributed by atoms with E-state index in [2.05, 4.69) is 60.5 Å². The Balaban J connectivity index is 2.14. The summed E-state index contributed by atoms with van der Waals surface area (Å²) in [6.07, 6.45) is 6.71. The van der Waals surface area contributed by atoms with Crippen LogP contribution < -0.4 is 4.90 Å². The molecule has 0 spiro atoms. The zero-order chi connectivity index (χ0) is 11.7. The highest BCUT2D eigenvalue weighted by Crippen LogP contribution is 2.30. The fourth-order valence-corrected chi connectivity index (χ4v) is 2.53. The van der Waals surface area contributed by atoms with Crippen molar-refractivity contribution >= 4 is 16.5 Å². The van der Waals surface area contributed by atoms with Gasteiger partial charge in [0, 0.05) is 18.4 Å². The summed E-state index contributed by atoms with van der Waals surface area (Å²) in [6, 6.07) is 13.3. The van der Waals surface area contributed by atoms with E-state index in [9.17, 15) is 0 Å². The lowest BCUT2D eigenvalue weighted by molar-refractivity contribution is 0.864. The summed E-state index contributed by atoms with van der Waals surface area (Å²) < 4.78 is 0. The highest BCUT2D eigenvalue weighted by Gasteiger charge is 2.12. The fraction of sp³-hybridized carbons (Fsp3) is 0.250. The molecule has 0 bridgehead atoms. The van der Waals surface area contributed by atoms with Gasteiger partial charge in [-0.05, 0) is 41.3 Å². The van der Waals surface area contributed by atoms with Gasteiger partial charge in [0.25, 0.3) is 0 Å². The Kier molecular flexibility index (Phi) is 2.60. The van der Waals surface area contributed by atoms with Crippen LogP contribution in [0.1, 0.15) is 18.9 Å². The van der Waals surface area contributed by atoms with Crippen molar-refractivity contribution in [1.29, 1.82) is 0 Å². The first-order valence-electron chi connectivity index (χ1n) is 6.33. The van der Waals surface area contributed by atoms with E-state index >= 15 is 0 Å². The molecule has 1 heterocycles. The number of anilines is 1. The summed E-state index contributed by atoms with van der Waals surface area (Å²) >= 11 is 0. The maximum atomic E-state index is 2.37. The van der Waals surface area contributed by atoms with Crippen LogP contribution in [0.3, 0.4) is 0 Å². The van der Waals surface area contributed by atoms with Gasteiger partial charge >= 0.3 is 0 Å². The Labute approximate surface area is 102 Å². The van der Waals surface area contributed by atoms with Crippen LogP contribution in [0.2, 0.25) is 0 Å². The molecule has 0 unspecified atom stereocenters. The van der Waals surface area contributed by atoms with Crippen molar-refractivity contribution < 1.29 is 0 Å². The minimum Gasteiger partial charge on any atom is -0.348 e. The third-order valence-corrected chi connectivity index (χ3v) is 3.34. The topological polar surface area (TPSA) is 3.24 Å². The molecule has 0 saturated carbocycles. The van der Waals surface area contributed by atoms with Crippen molar-refractivity contribution in [3.05, 3.63) is 54.2 Å². The predicted molar refractivity (Wildman–Crippen MR) is 74.4 cm³/mol. The molecule has 1 aliphatic rings. The molecule has 17 heavy (non-hydrogen) atoms. The number of nitrogens with zero attached hydrogens (tertiary/aromatic N) is 1. The molecular formula is C16H17N. The lowest BCUT2D eigenvalue weighted by Gasteiger charge is -2.26. The molecule has 3 rings (SSSR count). The van der Waals surface area contributed by atoms with Gasteiger partial charge in [0.05, 0.1) is 0 Å². The van der Waals surface area contributed by atoms with E-state index in [0.717, 1.165) is 13.0 Å². The minimum atomic E-state index is 1.06. The molecule has 0 fully saturated rings. The van der Waals surface area contributed by atoms with Gasteiger partial charge in [-0.3, -0.25) is 0 Å². The molecule has 1 aliphatic heterocycles. The number of hydrogen-bond donors (Lipinski definition) is 0. The molecule has 86 valence electrons. The number of hydrogen-bond acceptors (Lipinski definition) is 1. The van der Waals surface area contributed by atoms with Crippen LogP contribution in [0.25, 0.3) is 10.8 Å². The molecule has 0 aliphatic carbocycles. The highest BCUT2D eigenvalue weighted by molar-refractivity contribution is 5.88. The quantitative estimate of drug-likeness (QED) is 0.740. The average molecular weight is 223 g/mol.